The number of nitrogens with two attached hydrogens (primary N) is 1. The summed E-state index contributed by atoms with van der Waals surface area (Å²) in [5, 5.41) is 11.3. The molecule has 0 spiro atoms. The Bertz CT molecular complexity index is 1140. The van der Waals surface area contributed by atoms with Crippen molar-refractivity contribution in [1.29, 1.82) is 0 Å². The van der Waals surface area contributed by atoms with Crippen molar-refractivity contribution >= 4 is 16.7 Å². The van der Waals surface area contributed by atoms with Gasteiger partial charge >= 0.3 is 6.18 Å². The molecule has 168 valence electrons. The third kappa shape index (κ3) is 4.49. The predicted octanol–water partition coefficient (Wildman–Crippen LogP) is 4.97. The molecule has 3 aromatic rings. The van der Waals surface area contributed by atoms with E-state index in [9.17, 15) is 23.1 Å². The summed E-state index contributed by atoms with van der Waals surface area (Å²) in [5.74, 6) is -0.131. The fourth-order valence-electron chi connectivity index (χ4n) is 4.32. The van der Waals surface area contributed by atoms with Gasteiger partial charge in [-0.1, -0.05) is 30.3 Å². The molecular formula is C25H25F3N2O2. The first kappa shape index (κ1) is 22.3. The summed E-state index contributed by atoms with van der Waals surface area (Å²) >= 11 is 0. The normalized spacial score (nSPS) is 17.4. The van der Waals surface area contributed by atoms with Crippen LogP contribution in [-0.2, 0) is 12.7 Å². The standard InChI is InChI=1S/C25H25F3N2O2/c26-25(27,28)18-13-16(15-29)12-17(14-18)20-7-8-23(22-6-2-1-5-21(20)22)24(32)30-10-3-4-19(31)9-11-30/h1-2,5-8,12-14,19,31H,3-4,9-11,15,29H2. The van der Waals surface area contributed by atoms with Gasteiger partial charge in [0, 0.05) is 25.2 Å². The number of nitrogens with zero attached hydrogens (tertiary/aromatic N) is 1. The van der Waals surface area contributed by atoms with Crippen molar-refractivity contribution in [3.8, 4) is 11.1 Å². The Labute approximate surface area is 184 Å². The number of amides is 1. The van der Waals surface area contributed by atoms with Crippen LogP contribution in [0, 0.1) is 0 Å². The molecule has 0 radical (unpaired) electrons. The number of carbonyl (C=O) groups is 1. The van der Waals surface area contributed by atoms with Crippen molar-refractivity contribution in [3.63, 3.8) is 0 Å². The first-order valence-corrected chi connectivity index (χ1v) is 10.7. The number of aliphatic hydroxyl groups excluding tert-OH is 1. The summed E-state index contributed by atoms with van der Waals surface area (Å²) in [7, 11) is 0. The molecule has 1 atom stereocenters. The molecule has 4 rings (SSSR count). The molecule has 7 heteroatoms. The van der Waals surface area contributed by atoms with E-state index in [1.165, 1.54) is 0 Å². The molecule has 1 heterocycles. The Balaban J connectivity index is 1.81. The van der Waals surface area contributed by atoms with Crippen LogP contribution in [0.3, 0.4) is 0 Å². The Hall–Kier alpha value is -2.90. The lowest BCUT2D eigenvalue weighted by atomic mass is 9.92. The lowest BCUT2D eigenvalue weighted by Gasteiger charge is -2.22. The number of alkyl halides is 3. The number of hydrogen-bond acceptors (Lipinski definition) is 3. The van der Waals surface area contributed by atoms with Gasteiger partial charge in [-0.15, -0.1) is 0 Å². The molecule has 32 heavy (non-hydrogen) atoms. The van der Waals surface area contributed by atoms with Gasteiger partial charge in [0.25, 0.3) is 5.91 Å². The highest BCUT2D eigenvalue weighted by molar-refractivity contribution is 6.11. The molecule has 3 N–H and O–H groups in total. The second kappa shape index (κ2) is 8.92. The average Bonchev–Trinajstić information content (AvgIpc) is 3.01. The van der Waals surface area contributed by atoms with Gasteiger partial charge in [0.2, 0.25) is 0 Å². The molecular weight excluding hydrogens is 417 g/mol. The van der Waals surface area contributed by atoms with Crippen molar-refractivity contribution in [1.82, 2.24) is 4.90 Å². The van der Waals surface area contributed by atoms with Gasteiger partial charge in [-0.2, -0.15) is 13.2 Å². The van der Waals surface area contributed by atoms with E-state index >= 15 is 0 Å². The van der Waals surface area contributed by atoms with Crippen molar-refractivity contribution in [2.45, 2.75) is 38.1 Å². The SMILES string of the molecule is NCc1cc(-c2ccc(C(=O)N3CCCC(O)CC3)c3ccccc23)cc(C(F)(F)F)c1. The van der Waals surface area contributed by atoms with Crippen LogP contribution in [0.2, 0.25) is 0 Å². The van der Waals surface area contributed by atoms with E-state index in [2.05, 4.69) is 0 Å². The summed E-state index contributed by atoms with van der Waals surface area (Å²) < 4.78 is 40.3. The number of carbonyl (C=O) groups excluding carboxylic acids is 1. The smallest absolute Gasteiger partial charge is 0.393 e. The van der Waals surface area contributed by atoms with E-state index in [1.54, 1.807) is 29.2 Å². The van der Waals surface area contributed by atoms with E-state index in [0.29, 0.717) is 59.0 Å². The molecule has 4 nitrogen and oxygen atoms in total. The zero-order valence-corrected chi connectivity index (χ0v) is 17.5. The summed E-state index contributed by atoms with van der Waals surface area (Å²) in [4.78, 5) is 15.0. The number of fused-ring (bicyclic) bond motifs is 1. The van der Waals surface area contributed by atoms with Crippen LogP contribution >= 0.6 is 0 Å². The van der Waals surface area contributed by atoms with Gasteiger partial charge in [0.1, 0.15) is 0 Å². The highest BCUT2D eigenvalue weighted by atomic mass is 19.4. The topological polar surface area (TPSA) is 66.6 Å². The number of halogens is 3. The van der Waals surface area contributed by atoms with Crippen LogP contribution < -0.4 is 5.73 Å². The van der Waals surface area contributed by atoms with E-state index in [1.807, 2.05) is 18.2 Å². The maximum absolute atomic E-state index is 13.4. The van der Waals surface area contributed by atoms with Gasteiger partial charge < -0.3 is 15.7 Å². The maximum Gasteiger partial charge on any atom is 0.416 e. The van der Waals surface area contributed by atoms with E-state index in [0.717, 1.165) is 18.6 Å². The number of hydrogen-bond donors (Lipinski definition) is 2. The summed E-state index contributed by atoms with van der Waals surface area (Å²) in [6.45, 7) is 1.04. The van der Waals surface area contributed by atoms with Gasteiger partial charge in [0.05, 0.1) is 11.7 Å². The maximum atomic E-state index is 13.4. The fraction of sp³-hybridized carbons (Fsp3) is 0.320. The van der Waals surface area contributed by atoms with Gasteiger partial charge in [0.15, 0.2) is 0 Å². The largest absolute Gasteiger partial charge is 0.416 e. The van der Waals surface area contributed by atoms with Gasteiger partial charge in [-0.05, 0) is 71.0 Å². The number of benzene rings is 3. The molecule has 0 bridgehead atoms. The minimum atomic E-state index is -4.48. The Morgan fingerprint density at radius 2 is 1.78 bits per heavy atom. The highest BCUT2D eigenvalue weighted by Gasteiger charge is 2.31. The quantitative estimate of drug-likeness (QED) is 0.602. The van der Waals surface area contributed by atoms with E-state index < -0.39 is 17.8 Å². The van der Waals surface area contributed by atoms with Crippen LogP contribution in [-0.4, -0.2) is 35.1 Å². The van der Waals surface area contributed by atoms with Crippen molar-refractivity contribution in [2.75, 3.05) is 13.1 Å². The first-order valence-electron chi connectivity index (χ1n) is 10.7. The number of aliphatic hydroxyl groups is 1. The molecule has 1 fully saturated rings. The first-order chi connectivity index (χ1) is 15.3. The molecule has 1 amide bonds. The van der Waals surface area contributed by atoms with Gasteiger partial charge in [-0.25, -0.2) is 0 Å². The average molecular weight is 442 g/mol. The second-order valence-corrected chi connectivity index (χ2v) is 8.20. The zero-order chi connectivity index (χ0) is 22.9. The zero-order valence-electron chi connectivity index (χ0n) is 17.5. The van der Waals surface area contributed by atoms with Gasteiger partial charge in [-0.3, -0.25) is 4.79 Å². The molecule has 1 unspecified atom stereocenters. The fourth-order valence-corrected chi connectivity index (χ4v) is 4.32. The van der Waals surface area contributed by atoms with Crippen LogP contribution in [0.4, 0.5) is 13.2 Å². The van der Waals surface area contributed by atoms with Crippen LogP contribution in [0.15, 0.2) is 54.6 Å². The molecule has 1 aliphatic rings. The molecule has 0 saturated carbocycles. The monoisotopic (exact) mass is 442 g/mol. The summed E-state index contributed by atoms with van der Waals surface area (Å²) in [6.07, 6.45) is -2.95. The third-order valence-electron chi connectivity index (χ3n) is 6.01. The van der Waals surface area contributed by atoms with Crippen LogP contribution in [0.25, 0.3) is 21.9 Å². The highest BCUT2D eigenvalue weighted by Crippen LogP contribution is 2.37. The van der Waals surface area contributed by atoms with Crippen LogP contribution in [0.5, 0.6) is 0 Å². The van der Waals surface area contributed by atoms with Crippen LogP contribution in [0.1, 0.15) is 40.7 Å². The molecule has 0 aromatic heterocycles. The Morgan fingerprint density at radius 3 is 2.50 bits per heavy atom. The van der Waals surface area contributed by atoms with E-state index in [4.69, 9.17) is 5.73 Å². The predicted molar refractivity (Wildman–Crippen MR) is 118 cm³/mol. The summed E-state index contributed by atoms with van der Waals surface area (Å²) in [6, 6.07) is 14.5. The van der Waals surface area contributed by atoms with E-state index in [-0.39, 0.29) is 12.5 Å². The molecule has 1 saturated heterocycles. The molecule has 3 aromatic carbocycles. The van der Waals surface area contributed by atoms with Crippen molar-refractivity contribution < 1.29 is 23.1 Å². The number of likely N-dealkylation sites (tertiary alicyclic amines) is 1. The lowest BCUT2D eigenvalue weighted by Crippen LogP contribution is -2.32. The second-order valence-electron chi connectivity index (χ2n) is 8.20. The minimum absolute atomic E-state index is 0.00771. The van der Waals surface area contributed by atoms with Crippen molar-refractivity contribution in [3.05, 3.63) is 71.3 Å². The number of rotatable bonds is 3. The Morgan fingerprint density at radius 1 is 1.03 bits per heavy atom. The minimum Gasteiger partial charge on any atom is -0.393 e. The Kier molecular flexibility index (Phi) is 6.22. The van der Waals surface area contributed by atoms with Crippen molar-refractivity contribution in [2.24, 2.45) is 5.73 Å². The molecule has 0 aliphatic carbocycles. The lowest BCUT2D eigenvalue weighted by molar-refractivity contribution is -0.137. The summed E-state index contributed by atoms with van der Waals surface area (Å²) in [5.41, 5.74) is 6.83. The third-order valence-corrected chi connectivity index (χ3v) is 6.01. The molecule has 1 aliphatic heterocycles.